The smallest absolute Gasteiger partial charge is 0.303 e. The molecule has 13 heavy (non-hydrogen) atoms. The van der Waals surface area contributed by atoms with E-state index in [0.717, 1.165) is 12.8 Å². The average Bonchev–Trinajstić information content (AvgIpc) is 2.54. The molecule has 0 aliphatic carbocycles. The van der Waals surface area contributed by atoms with E-state index in [1.165, 1.54) is 5.56 Å². The maximum atomic E-state index is 10.6. The van der Waals surface area contributed by atoms with E-state index in [0.29, 0.717) is 0 Å². The summed E-state index contributed by atoms with van der Waals surface area (Å²) >= 11 is 1.63. The molecule has 0 aliphatic rings. The van der Waals surface area contributed by atoms with Crippen LogP contribution in [0.5, 0.6) is 0 Å². The summed E-state index contributed by atoms with van der Waals surface area (Å²) in [7, 11) is 0. The lowest BCUT2D eigenvalue weighted by molar-refractivity contribution is -0.137. The summed E-state index contributed by atoms with van der Waals surface area (Å²) in [6.07, 6.45) is 2.25. The molecule has 1 unspecified atom stereocenters. The first-order chi connectivity index (χ1) is 6.24. The van der Waals surface area contributed by atoms with Gasteiger partial charge in [0.2, 0.25) is 0 Å². The van der Waals surface area contributed by atoms with E-state index < -0.39 is 5.97 Å². The quantitative estimate of drug-likeness (QED) is 0.789. The third-order valence-corrected chi connectivity index (χ3v) is 2.77. The van der Waals surface area contributed by atoms with E-state index in [1.54, 1.807) is 11.3 Å². The molecule has 0 amide bonds. The van der Waals surface area contributed by atoms with Crippen molar-refractivity contribution in [3.63, 3.8) is 0 Å². The number of carbonyl (C=O) groups is 1. The van der Waals surface area contributed by atoms with Crippen molar-refractivity contribution < 1.29 is 9.90 Å². The summed E-state index contributed by atoms with van der Waals surface area (Å²) in [5.74, 6) is -0.501. The molecule has 1 heterocycles. The van der Waals surface area contributed by atoms with Gasteiger partial charge in [0.25, 0.3) is 0 Å². The molecule has 0 fully saturated rings. The van der Waals surface area contributed by atoms with E-state index in [9.17, 15) is 4.79 Å². The topological polar surface area (TPSA) is 37.3 Å². The number of rotatable bonds is 5. The molecule has 1 N–H and O–H groups in total. The summed E-state index contributed by atoms with van der Waals surface area (Å²) in [6, 6.07) is 2.02. The zero-order chi connectivity index (χ0) is 9.68. The molecular weight excluding hydrogens is 184 g/mol. The van der Waals surface area contributed by atoms with Crippen LogP contribution >= 0.6 is 11.3 Å². The van der Waals surface area contributed by atoms with Gasteiger partial charge in [-0.3, -0.25) is 4.79 Å². The van der Waals surface area contributed by atoms with Gasteiger partial charge in [0.05, 0.1) is 6.42 Å². The standard InChI is InChI=1S/C10H14O2S/c1-2-3-8(6-10(11)12)9-4-5-13-7-9/h4-5,7-8H,2-3,6H2,1H3,(H,11,12). The Kier molecular flexibility index (Phi) is 3.96. The van der Waals surface area contributed by atoms with Crippen LogP contribution in [0.25, 0.3) is 0 Å². The highest BCUT2D eigenvalue weighted by Gasteiger charge is 2.14. The number of carboxylic acid groups (broad SMARTS) is 1. The van der Waals surface area contributed by atoms with Crippen molar-refractivity contribution in [3.8, 4) is 0 Å². The fourth-order valence-corrected chi connectivity index (χ4v) is 2.20. The Morgan fingerprint density at radius 1 is 1.69 bits per heavy atom. The zero-order valence-corrected chi connectivity index (χ0v) is 8.51. The second kappa shape index (κ2) is 5.02. The zero-order valence-electron chi connectivity index (χ0n) is 7.69. The monoisotopic (exact) mass is 198 g/mol. The second-order valence-electron chi connectivity index (χ2n) is 3.14. The predicted molar refractivity (Wildman–Crippen MR) is 54.2 cm³/mol. The fraction of sp³-hybridized carbons (Fsp3) is 0.500. The molecule has 1 aromatic heterocycles. The van der Waals surface area contributed by atoms with Gasteiger partial charge in [-0.05, 0) is 34.7 Å². The molecule has 0 bridgehead atoms. The molecule has 2 nitrogen and oxygen atoms in total. The van der Waals surface area contributed by atoms with Crippen molar-refractivity contribution in [2.75, 3.05) is 0 Å². The molecule has 0 radical (unpaired) electrons. The highest BCUT2D eigenvalue weighted by atomic mass is 32.1. The van der Waals surface area contributed by atoms with E-state index in [4.69, 9.17) is 5.11 Å². The molecule has 3 heteroatoms. The predicted octanol–water partition coefficient (Wildman–Crippen LogP) is 3.11. The Morgan fingerprint density at radius 2 is 2.46 bits per heavy atom. The first kappa shape index (κ1) is 10.3. The van der Waals surface area contributed by atoms with Gasteiger partial charge in [-0.1, -0.05) is 13.3 Å². The van der Waals surface area contributed by atoms with Crippen molar-refractivity contribution in [2.24, 2.45) is 0 Å². The van der Waals surface area contributed by atoms with Crippen LogP contribution in [0, 0.1) is 0 Å². The Bertz CT molecular complexity index is 254. The van der Waals surface area contributed by atoms with Gasteiger partial charge in [0.1, 0.15) is 0 Å². The Hall–Kier alpha value is -0.830. The van der Waals surface area contributed by atoms with Crippen LogP contribution in [0.1, 0.15) is 37.7 Å². The summed E-state index contributed by atoms with van der Waals surface area (Å²) < 4.78 is 0. The van der Waals surface area contributed by atoms with E-state index in [-0.39, 0.29) is 12.3 Å². The number of carboxylic acids is 1. The number of thiophene rings is 1. The largest absolute Gasteiger partial charge is 0.481 e. The van der Waals surface area contributed by atoms with Crippen LogP contribution in [-0.4, -0.2) is 11.1 Å². The third-order valence-electron chi connectivity index (χ3n) is 2.07. The molecule has 0 aromatic carbocycles. The Morgan fingerprint density at radius 3 is 2.92 bits per heavy atom. The SMILES string of the molecule is CCCC(CC(=O)O)c1ccsc1. The summed E-state index contributed by atoms with van der Waals surface area (Å²) in [5, 5.41) is 12.8. The number of hydrogen-bond donors (Lipinski definition) is 1. The summed E-state index contributed by atoms with van der Waals surface area (Å²) in [4.78, 5) is 10.6. The first-order valence-corrected chi connectivity index (χ1v) is 5.42. The van der Waals surface area contributed by atoms with Crippen LogP contribution in [0.4, 0.5) is 0 Å². The van der Waals surface area contributed by atoms with Gasteiger partial charge < -0.3 is 5.11 Å². The molecule has 0 saturated heterocycles. The highest BCUT2D eigenvalue weighted by molar-refractivity contribution is 7.07. The average molecular weight is 198 g/mol. The maximum Gasteiger partial charge on any atom is 0.303 e. The van der Waals surface area contributed by atoms with Crippen LogP contribution in [0.3, 0.4) is 0 Å². The van der Waals surface area contributed by atoms with Crippen molar-refractivity contribution in [2.45, 2.75) is 32.1 Å². The van der Waals surface area contributed by atoms with Crippen molar-refractivity contribution in [3.05, 3.63) is 22.4 Å². The minimum absolute atomic E-state index is 0.203. The second-order valence-corrected chi connectivity index (χ2v) is 3.92. The lowest BCUT2D eigenvalue weighted by Crippen LogP contribution is -2.05. The van der Waals surface area contributed by atoms with Gasteiger partial charge in [0.15, 0.2) is 0 Å². The molecule has 1 rings (SSSR count). The van der Waals surface area contributed by atoms with Gasteiger partial charge in [-0.25, -0.2) is 0 Å². The van der Waals surface area contributed by atoms with Crippen LogP contribution in [-0.2, 0) is 4.79 Å². The van der Waals surface area contributed by atoms with Crippen molar-refractivity contribution in [1.82, 2.24) is 0 Å². The number of aliphatic carboxylic acids is 1. The molecular formula is C10H14O2S. The molecule has 0 saturated carbocycles. The minimum Gasteiger partial charge on any atom is -0.481 e. The minimum atomic E-state index is -0.704. The van der Waals surface area contributed by atoms with Crippen molar-refractivity contribution in [1.29, 1.82) is 0 Å². The third kappa shape index (κ3) is 3.19. The Balaban J connectivity index is 2.62. The number of hydrogen-bond acceptors (Lipinski definition) is 2. The summed E-state index contributed by atoms with van der Waals surface area (Å²) in [6.45, 7) is 2.08. The first-order valence-electron chi connectivity index (χ1n) is 4.48. The maximum absolute atomic E-state index is 10.6. The summed E-state index contributed by atoms with van der Waals surface area (Å²) in [5.41, 5.74) is 1.18. The molecule has 1 aromatic rings. The van der Waals surface area contributed by atoms with Gasteiger partial charge in [-0.15, -0.1) is 0 Å². The fourth-order valence-electron chi connectivity index (χ4n) is 1.45. The molecule has 0 aliphatic heterocycles. The lowest BCUT2D eigenvalue weighted by atomic mass is 9.94. The molecule has 0 spiro atoms. The van der Waals surface area contributed by atoms with Crippen LogP contribution in [0.2, 0.25) is 0 Å². The van der Waals surface area contributed by atoms with Gasteiger partial charge in [-0.2, -0.15) is 11.3 Å². The normalized spacial score (nSPS) is 12.7. The highest BCUT2D eigenvalue weighted by Crippen LogP contribution is 2.26. The lowest BCUT2D eigenvalue weighted by Gasteiger charge is -2.11. The Labute approximate surface area is 82.2 Å². The van der Waals surface area contributed by atoms with E-state index in [2.05, 4.69) is 6.92 Å². The molecule has 1 atom stereocenters. The molecule has 72 valence electrons. The van der Waals surface area contributed by atoms with Crippen LogP contribution < -0.4 is 0 Å². The van der Waals surface area contributed by atoms with E-state index >= 15 is 0 Å². The van der Waals surface area contributed by atoms with Gasteiger partial charge >= 0.3 is 5.97 Å². The van der Waals surface area contributed by atoms with E-state index in [1.807, 2.05) is 16.8 Å². The van der Waals surface area contributed by atoms with Crippen molar-refractivity contribution >= 4 is 17.3 Å². The van der Waals surface area contributed by atoms with Gasteiger partial charge in [0, 0.05) is 0 Å². The van der Waals surface area contributed by atoms with Crippen LogP contribution in [0.15, 0.2) is 16.8 Å².